The highest BCUT2D eigenvalue weighted by Gasteiger charge is 2.09. The summed E-state index contributed by atoms with van der Waals surface area (Å²) in [6.45, 7) is 2.04. The fourth-order valence-electron chi connectivity index (χ4n) is 1.24. The molecule has 0 saturated heterocycles. The first kappa shape index (κ1) is 8.10. The highest BCUT2D eigenvalue weighted by atomic mass is 127. The molecule has 2 heteroatoms. The lowest BCUT2D eigenvalue weighted by Crippen LogP contribution is -2.11. The van der Waals surface area contributed by atoms with Gasteiger partial charge in [0.15, 0.2) is 0 Å². The van der Waals surface area contributed by atoms with Gasteiger partial charge < -0.3 is 4.74 Å². The van der Waals surface area contributed by atoms with Crippen LogP contribution in [0.25, 0.3) is 6.08 Å². The van der Waals surface area contributed by atoms with Crippen molar-refractivity contribution in [3.8, 4) is 5.75 Å². The highest BCUT2D eigenvalue weighted by Crippen LogP contribution is 2.27. The van der Waals surface area contributed by atoms with Crippen LogP contribution >= 0.6 is 22.6 Å². The van der Waals surface area contributed by atoms with E-state index in [-0.39, 0.29) is 6.10 Å². The topological polar surface area (TPSA) is 9.23 Å². The van der Waals surface area contributed by atoms with Gasteiger partial charge in [0, 0.05) is 9.13 Å². The van der Waals surface area contributed by atoms with E-state index in [2.05, 4.69) is 46.9 Å². The Morgan fingerprint density at radius 2 is 2.25 bits per heavy atom. The van der Waals surface area contributed by atoms with Crippen molar-refractivity contribution in [3.05, 3.63) is 33.4 Å². The van der Waals surface area contributed by atoms with Crippen molar-refractivity contribution in [2.75, 3.05) is 0 Å². The number of ether oxygens (including phenoxy) is 1. The summed E-state index contributed by atoms with van der Waals surface area (Å²) in [5.41, 5.74) is 1.18. The molecule has 1 nitrogen and oxygen atoms in total. The van der Waals surface area contributed by atoms with E-state index in [1.807, 2.05) is 13.0 Å². The van der Waals surface area contributed by atoms with Gasteiger partial charge in [0.1, 0.15) is 11.9 Å². The molecule has 1 aromatic rings. The molecule has 1 aliphatic heterocycles. The van der Waals surface area contributed by atoms with Crippen molar-refractivity contribution < 1.29 is 4.74 Å². The molecule has 2 rings (SSSR count). The van der Waals surface area contributed by atoms with Crippen LogP contribution in [0, 0.1) is 3.57 Å². The summed E-state index contributed by atoms with van der Waals surface area (Å²) in [5.74, 6) is 0.991. The van der Waals surface area contributed by atoms with Crippen LogP contribution in [0.4, 0.5) is 0 Å². The third-order valence-electron chi connectivity index (χ3n) is 1.83. The van der Waals surface area contributed by atoms with E-state index in [1.54, 1.807) is 0 Å². The van der Waals surface area contributed by atoms with Gasteiger partial charge in [0.05, 0.1) is 0 Å². The first-order chi connectivity index (χ1) is 5.75. The lowest BCUT2D eigenvalue weighted by molar-refractivity contribution is 0.266. The molecule has 0 saturated carbocycles. The van der Waals surface area contributed by atoms with E-state index < -0.39 is 0 Å². The molecule has 0 spiro atoms. The molecule has 0 fully saturated rings. The Hall–Kier alpha value is -0.510. The van der Waals surface area contributed by atoms with Gasteiger partial charge in [-0.15, -0.1) is 0 Å². The molecule has 0 aromatic heterocycles. The predicted molar refractivity (Wildman–Crippen MR) is 58.3 cm³/mol. The maximum Gasteiger partial charge on any atom is 0.127 e. The van der Waals surface area contributed by atoms with E-state index >= 15 is 0 Å². The Morgan fingerprint density at radius 3 is 3.08 bits per heavy atom. The second-order valence-corrected chi connectivity index (χ2v) is 4.11. The number of benzene rings is 1. The van der Waals surface area contributed by atoms with Gasteiger partial charge in [-0.05, 0) is 53.8 Å². The maximum absolute atomic E-state index is 5.60. The monoisotopic (exact) mass is 272 g/mol. The van der Waals surface area contributed by atoms with Crippen molar-refractivity contribution in [2.45, 2.75) is 13.0 Å². The molecule has 0 amide bonds. The number of rotatable bonds is 0. The summed E-state index contributed by atoms with van der Waals surface area (Å²) in [6, 6.07) is 6.21. The minimum atomic E-state index is 0.206. The zero-order valence-corrected chi connectivity index (χ0v) is 8.91. The molecule has 1 unspecified atom stereocenters. The summed E-state index contributed by atoms with van der Waals surface area (Å²) in [6.07, 6.45) is 4.39. The fourth-order valence-corrected chi connectivity index (χ4v) is 1.75. The average molecular weight is 272 g/mol. The summed E-state index contributed by atoms with van der Waals surface area (Å²) in [5, 5.41) is 0. The summed E-state index contributed by atoms with van der Waals surface area (Å²) < 4.78 is 6.84. The van der Waals surface area contributed by atoms with Crippen molar-refractivity contribution >= 4 is 28.7 Å². The van der Waals surface area contributed by atoms with Gasteiger partial charge in [-0.3, -0.25) is 0 Å². The summed E-state index contributed by atoms with van der Waals surface area (Å²) in [4.78, 5) is 0. The average Bonchev–Trinajstić information content (AvgIpc) is 2.05. The maximum atomic E-state index is 5.60. The first-order valence-corrected chi connectivity index (χ1v) is 4.98. The molecule has 0 N–H and O–H groups in total. The molecule has 62 valence electrons. The van der Waals surface area contributed by atoms with Crippen LogP contribution in [-0.2, 0) is 0 Å². The molecule has 0 radical (unpaired) electrons. The number of hydrogen-bond donors (Lipinski definition) is 0. The van der Waals surface area contributed by atoms with Crippen LogP contribution in [-0.4, -0.2) is 6.10 Å². The third kappa shape index (κ3) is 1.48. The third-order valence-corrected chi connectivity index (χ3v) is 2.50. The molecule has 1 aliphatic rings. The van der Waals surface area contributed by atoms with Crippen molar-refractivity contribution in [2.24, 2.45) is 0 Å². The van der Waals surface area contributed by atoms with Gasteiger partial charge in [-0.25, -0.2) is 0 Å². The Kier molecular flexibility index (Phi) is 2.09. The standard InChI is InChI=1S/C10H9IO/c1-7-2-3-8-6-9(11)4-5-10(8)12-7/h2-7H,1H3. The normalized spacial score (nSPS) is 20.0. The largest absolute Gasteiger partial charge is 0.486 e. The summed E-state index contributed by atoms with van der Waals surface area (Å²) >= 11 is 2.30. The van der Waals surface area contributed by atoms with E-state index in [0.29, 0.717) is 0 Å². The van der Waals surface area contributed by atoms with Crippen molar-refractivity contribution in [1.29, 1.82) is 0 Å². The lowest BCUT2D eigenvalue weighted by atomic mass is 10.1. The van der Waals surface area contributed by atoms with Crippen molar-refractivity contribution in [3.63, 3.8) is 0 Å². The Bertz CT molecular complexity index is 331. The van der Waals surface area contributed by atoms with Crippen LogP contribution in [0.2, 0.25) is 0 Å². The minimum Gasteiger partial charge on any atom is -0.486 e. The number of fused-ring (bicyclic) bond motifs is 1. The quantitative estimate of drug-likeness (QED) is 0.659. The van der Waals surface area contributed by atoms with Crippen LogP contribution in [0.1, 0.15) is 12.5 Å². The molecular weight excluding hydrogens is 263 g/mol. The van der Waals surface area contributed by atoms with Gasteiger partial charge >= 0.3 is 0 Å². The number of hydrogen-bond acceptors (Lipinski definition) is 1. The molecule has 12 heavy (non-hydrogen) atoms. The molecule has 0 aliphatic carbocycles. The smallest absolute Gasteiger partial charge is 0.127 e. The van der Waals surface area contributed by atoms with Gasteiger partial charge in [-0.2, -0.15) is 0 Å². The predicted octanol–water partition coefficient (Wildman–Crippen LogP) is 3.09. The van der Waals surface area contributed by atoms with Crippen LogP contribution < -0.4 is 4.74 Å². The minimum absolute atomic E-state index is 0.206. The van der Waals surface area contributed by atoms with Crippen LogP contribution in [0.3, 0.4) is 0 Å². The molecule has 1 heterocycles. The van der Waals surface area contributed by atoms with Crippen LogP contribution in [0.15, 0.2) is 24.3 Å². The zero-order chi connectivity index (χ0) is 8.55. The van der Waals surface area contributed by atoms with Crippen LogP contribution in [0.5, 0.6) is 5.75 Å². The Balaban J connectivity index is 2.47. The first-order valence-electron chi connectivity index (χ1n) is 3.90. The Labute approximate surface area is 85.6 Å². The lowest BCUT2D eigenvalue weighted by Gasteiger charge is -2.17. The Morgan fingerprint density at radius 1 is 1.42 bits per heavy atom. The SMILES string of the molecule is CC1C=Cc2cc(I)ccc2O1. The van der Waals surface area contributed by atoms with Crippen molar-refractivity contribution in [1.82, 2.24) is 0 Å². The highest BCUT2D eigenvalue weighted by molar-refractivity contribution is 14.1. The second-order valence-electron chi connectivity index (χ2n) is 2.86. The zero-order valence-electron chi connectivity index (χ0n) is 6.75. The molecule has 1 atom stereocenters. The van der Waals surface area contributed by atoms with E-state index in [9.17, 15) is 0 Å². The van der Waals surface area contributed by atoms with E-state index in [1.165, 1.54) is 9.13 Å². The van der Waals surface area contributed by atoms with Gasteiger partial charge in [-0.1, -0.05) is 6.08 Å². The molecule has 1 aromatic carbocycles. The van der Waals surface area contributed by atoms with Gasteiger partial charge in [0.2, 0.25) is 0 Å². The summed E-state index contributed by atoms with van der Waals surface area (Å²) in [7, 11) is 0. The number of halogens is 1. The van der Waals surface area contributed by atoms with E-state index in [4.69, 9.17) is 4.74 Å². The second kappa shape index (κ2) is 3.09. The molecular formula is C10H9IO. The molecule has 0 bridgehead atoms. The van der Waals surface area contributed by atoms with E-state index in [0.717, 1.165) is 5.75 Å². The fraction of sp³-hybridized carbons (Fsp3) is 0.200. The van der Waals surface area contributed by atoms with Gasteiger partial charge in [0.25, 0.3) is 0 Å².